The molecule has 0 saturated carbocycles. The van der Waals surface area contributed by atoms with E-state index in [1.807, 2.05) is 66.7 Å². The van der Waals surface area contributed by atoms with Gasteiger partial charge in [-0.3, -0.25) is 0 Å². The van der Waals surface area contributed by atoms with Gasteiger partial charge < -0.3 is 9.80 Å². The Morgan fingerprint density at radius 2 is 0.840 bits per heavy atom. The fourth-order valence-electron chi connectivity index (χ4n) is 7.19. The zero-order valence-electron chi connectivity index (χ0n) is 28.2. The number of benzene rings is 8. The molecule has 0 aromatic heterocycles. The van der Waals surface area contributed by atoms with Crippen LogP contribution in [0.15, 0.2) is 152 Å². The van der Waals surface area contributed by atoms with Crippen LogP contribution in [0.25, 0.3) is 32.3 Å². The second kappa shape index (κ2) is 12.2. The summed E-state index contributed by atoms with van der Waals surface area (Å²) in [7, 11) is -1.52. The van der Waals surface area contributed by atoms with Crippen molar-refractivity contribution in [1.82, 2.24) is 0 Å². The van der Waals surface area contributed by atoms with Crippen molar-refractivity contribution in [3.63, 3.8) is 0 Å². The van der Waals surface area contributed by atoms with Crippen molar-refractivity contribution < 1.29 is 0 Å². The van der Waals surface area contributed by atoms with E-state index in [0.29, 0.717) is 11.1 Å². The number of rotatable bonds is 7. The second-order valence-electron chi connectivity index (χ2n) is 13.7. The molecule has 8 aromatic rings. The molecule has 0 radical (unpaired) electrons. The molecule has 4 nitrogen and oxygen atoms in total. The molecule has 0 unspecified atom stereocenters. The van der Waals surface area contributed by atoms with E-state index >= 15 is 0 Å². The third kappa shape index (κ3) is 5.13. The summed E-state index contributed by atoms with van der Waals surface area (Å²) in [6.45, 7) is 7.08. The third-order valence-electron chi connectivity index (χ3n) is 9.64. The van der Waals surface area contributed by atoms with Crippen LogP contribution in [0.2, 0.25) is 19.6 Å². The lowest BCUT2D eigenvalue weighted by atomic mass is 9.91. The van der Waals surface area contributed by atoms with Crippen molar-refractivity contribution in [3.05, 3.63) is 163 Å². The Balaban J connectivity index is 1.41. The quantitative estimate of drug-likeness (QED) is 0.126. The summed E-state index contributed by atoms with van der Waals surface area (Å²) in [6, 6.07) is 57.2. The molecule has 8 aromatic carbocycles. The average Bonchev–Trinajstić information content (AvgIpc) is 3.15. The highest BCUT2D eigenvalue weighted by Crippen LogP contribution is 2.48. The largest absolute Gasteiger partial charge is 0.309 e. The highest BCUT2D eigenvalue weighted by Gasteiger charge is 2.24. The maximum absolute atomic E-state index is 10.3. The van der Waals surface area contributed by atoms with Gasteiger partial charge in [-0.05, 0) is 82.2 Å². The van der Waals surface area contributed by atoms with E-state index in [4.69, 9.17) is 0 Å². The van der Waals surface area contributed by atoms with Crippen LogP contribution in [-0.4, -0.2) is 8.07 Å². The first-order chi connectivity index (χ1) is 24.4. The van der Waals surface area contributed by atoms with Crippen molar-refractivity contribution in [1.29, 1.82) is 10.5 Å². The van der Waals surface area contributed by atoms with Gasteiger partial charge in [-0.25, -0.2) is 0 Å². The maximum Gasteiger partial charge on any atom is 0.101 e. The zero-order chi connectivity index (χ0) is 34.4. The molecular formula is C45H34N4Si. The topological polar surface area (TPSA) is 54.1 Å². The van der Waals surface area contributed by atoms with Crippen LogP contribution in [-0.2, 0) is 0 Å². The first-order valence-electron chi connectivity index (χ1n) is 16.8. The summed E-state index contributed by atoms with van der Waals surface area (Å²) in [6.07, 6.45) is 0. The molecule has 0 aliphatic rings. The highest BCUT2D eigenvalue weighted by atomic mass is 28.3. The van der Waals surface area contributed by atoms with Crippen LogP contribution < -0.4 is 15.0 Å². The predicted octanol–water partition coefficient (Wildman–Crippen LogP) is 11.8. The summed E-state index contributed by atoms with van der Waals surface area (Å²) in [5.41, 5.74) is 6.89. The lowest BCUT2D eigenvalue weighted by Gasteiger charge is -2.30. The fraction of sp³-hybridized carbons (Fsp3) is 0.0667. The van der Waals surface area contributed by atoms with E-state index in [0.717, 1.165) is 61.1 Å². The molecule has 238 valence electrons. The van der Waals surface area contributed by atoms with E-state index in [1.54, 1.807) is 0 Å². The molecule has 0 amide bonds. The van der Waals surface area contributed by atoms with Gasteiger partial charge in [0.05, 0.1) is 42.0 Å². The third-order valence-corrected chi connectivity index (χ3v) is 11.7. The molecule has 0 saturated heterocycles. The smallest absolute Gasteiger partial charge is 0.101 e. The molecular weight excluding hydrogens is 625 g/mol. The van der Waals surface area contributed by atoms with Crippen LogP contribution in [0.5, 0.6) is 0 Å². The Hall–Kier alpha value is -6.40. The molecule has 0 atom stereocenters. The summed E-state index contributed by atoms with van der Waals surface area (Å²) in [4.78, 5) is 4.43. The average molecular weight is 659 g/mol. The minimum Gasteiger partial charge on any atom is -0.309 e. The number of hydrogen-bond acceptors (Lipinski definition) is 4. The van der Waals surface area contributed by atoms with E-state index in [2.05, 4.69) is 127 Å². The first-order valence-corrected chi connectivity index (χ1v) is 20.3. The van der Waals surface area contributed by atoms with Gasteiger partial charge in [0.25, 0.3) is 0 Å². The van der Waals surface area contributed by atoms with Crippen molar-refractivity contribution in [2.75, 3.05) is 9.80 Å². The van der Waals surface area contributed by atoms with Crippen molar-refractivity contribution in [3.8, 4) is 12.1 Å². The Kier molecular flexibility index (Phi) is 7.56. The molecule has 50 heavy (non-hydrogen) atoms. The van der Waals surface area contributed by atoms with Crippen molar-refractivity contribution in [2.24, 2.45) is 0 Å². The summed E-state index contributed by atoms with van der Waals surface area (Å²) in [5, 5.41) is 28.6. The minimum atomic E-state index is -1.52. The highest BCUT2D eigenvalue weighted by molar-refractivity contribution is 6.88. The van der Waals surface area contributed by atoms with Crippen LogP contribution in [0, 0.1) is 22.7 Å². The Labute approximate surface area is 293 Å². The van der Waals surface area contributed by atoms with Gasteiger partial charge in [-0.1, -0.05) is 116 Å². The molecule has 0 bridgehead atoms. The second-order valence-corrected chi connectivity index (χ2v) is 18.7. The molecule has 0 fully saturated rings. The van der Waals surface area contributed by atoms with Gasteiger partial charge in [0.2, 0.25) is 0 Å². The van der Waals surface area contributed by atoms with Crippen molar-refractivity contribution >= 4 is 79.7 Å². The van der Waals surface area contributed by atoms with Gasteiger partial charge in [0.15, 0.2) is 0 Å². The van der Waals surface area contributed by atoms with E-state index in [-0.39, 0.29) is 0 Å². The first kappa shape index (κ1) is 30.9. The van der Waals surface area contributed by atoms with Gasteiger partial charge in [0.1, 0.15) is 12.1 Å². The van der Waals surface area contributed by atoms with Crippen LogP contribution in [0.3, 0.4) is 0 Å². The normalized spacial score (nSPS) is 11.5. The monoisotopic (exact) mass is 658 g/mol. The van der Waals surface area contributed by atoms with E-state index in [1.165, 1.54) is 10.6 Å². The number of anilines is 6. The Bertz CT molecular complexity index is 2610. The maximum atomic E-state index is 10.3. The number of hydrogen-bond donors (Lipinski definition) is 0. The molecule has 0 aliphatic heterocycles. The number of para-hydroxylation sites is 3. The van der Waals surface area contributed by atoms with Crippen LogP contribution >= 0.6 is 0 Å². The zero-order valence-corrected chi connectivity index (χ0v) is 29.2. The summed E-state index contributed by atoms with van der Waals surface area (Å²) >= 11 is 0. The summed E-state index contributed by atoms with van der Waals surface area (Å²) in [5.74, 6) is 0. The molecule has 0 aliphatic carbocycles. The number of nitriles is 2. The molecule has 0 spiro atoms. The van der Waals surface area contributed by atoms with Gasteiger partial charge >= 0.3 is 0 Å². The minimum absolute atomic E-state index is 0.608. The lowest BCUT2D eigenvalue weighted by Crippen LogP contribution is -2.37. The fourth-order valence-corrected chi connectivity index (χ4v) is 8.36. The number of nitrogens with zero attached hydrogens (tertiary/aromatic N) is 4. The SMILES string of the molecule is C[Si](C)(C)c1ccc(N(c2ccccc2C#N)c2ccc3ccc4c(N(c5ccccc5)c5ccccc5C#N)ccc5ccc2c3c54)cc1. The molecule has 0 N–H and O–H groups in total. The van der Waals surface area contributed by atoms with Gasteiger partial charge in [-0.2, -0.15) is 10.5 Å². The lowest BCUT2D eigenvalue weighted by molar-refractivity contribution is 1.28. The molecule has 5 heteroatoms. The Morgan fingerprint density at radius 1 is 0.420 bits per heavy atom. The van der Waals surface area contributed by atoms with Gasteiger partial charge in [0, 0.05) is 22.1 Å². The molecule has 0 heterocycles. The van der Waals surface area contributed by atoms with Crippen molar-refractivity contribution in [2.45, 2.75) is 19.6 Å². The summed E-state index contributed by atoms with van der Waals surface area (Å²) < 4.78 is 0. The standard InChI is InChI=1S/C45H34N4Si/c1-50(2,3)37-23-21-36(22-24-37)49(41-16-10-8-12-34(41)30-47)43-28-20-32-17-25-38-42(27-19-31-18-26-39(43)45(32)44(31)38)48(35-13-5-4-6-14-35)40-15-9-7-11-33(40)29-46/h4-28H,1-3H3. The van der Waals surface area contributed by atoms with Crippen LogP contribution in [0.1, 0.15) is 11.1 Å². The Morgan fingerprint density at radius 3 is 1.30 bits per heavy atom. The molecule has 8 rings (SSSR count). The van der Waals surface area contributed by atoms with Crippen LogP contribution in [0.4, 0.5) is 34.1 Å². The van der Waals surface area contributed by atoms with E-state index in [9.17, 15) is 10.5 Å². The predicted molar refractivity (Wildman–Crippen MR) is 212 cm³/mol. The van der Waals surface area contributed by atoms with Gasteiger partial charge in [-0.15, -0.1) is 0 Å². The van der Waals surface area contributed by atoms with E-state index < -0.39 is 8.07 Å².